The summed E-state index contributed by atoms with van der Waals surface area (Å²) < 4.78 is 0. The summed E-state index contributed by atoms with van der Waals surface area (Å²) in [5.74, 6) is 0. The number of benzene rings is 2. The van der Waals surface area contributed by atoms with Crippen molar-refractivity contribution in [3.63, 3.8) is 0 Å². The zero-order valence-electron chi connectivity index (χ0n) is 10.1. The van der Waals surface area contributed by atoms with Gasteiger partial charge in [-0.25, -0.2) is 10.9 Å². The highest BCUT2D eigenvalue weighted by atomic mass is 15.4. The summed E-state index contributed by atoms with van der Waals surface area (Å²) in [6.45, 7) is 0. The lowest BCUT2D eigenvalue weighted by molar-refractivity contribution is 0.391. The average molecular weight is 242 g/mol. The van der Waals surface area contributed by atoms with E-state index in [1.165, 1.54) is 0 Å². The lowest BCUT2D eigenvalue weighted by Gasteiger charge is -2.19. The Morgan fingerprint density at radius 3 is 1.28 bits per heavy atom. The van der Waals surface area contributed by atoms with Crippen LogP contribution in [-0.4, -0.2) is 0 Å². The smallest absolute Gasteiger partial charge is 0.0939 e. The van der Waals surface area contributed by atoms with Crippen LogP contribution in [0.25, 0.3) is 0 Å². The Labute approximate surface area is 107 Å². The van der Waals surface area contributed by atoms with Crippen LogP contribution < -0.4 is 22.3 Å². The first-order valence-corrected chi connectivity index (χ1v) is 5.89. The summed E-state index contributed by atoms with van der Waals surface area (Å²) in [5, 5.41) is 0. The highest BCUT2D eigenvalue weighted by Gasteiger charge is 2.07. The predicted octanol–water partition coefficient (Wildman–Crippen LogP) is 1.40. The maximum absolute atomic E-state index is 5.99. The van der Waals surface area contributed by atoms with Crippen LogP contribution in [-0.2, 0) is 0 Å². The molecule has 2 unspecified atom stereocenters. The van der Waals surface area contributed by atoms with Crippen LogP contribution in [0.15, 0.2) is 60.7 Å². The number of nitrogens with two attached hydrogens (primary N) is 2. The van der Waals surface area contributed by atoms with Crippen LogP contribution in [0.3, 0.4) is 0 Å². The van der Waals surface area contributed by atoms with Crippen LogP contribution >= 0.6 is 0 Å². The summed E-state index contributed by atoms with van der Waals surface area (Å²) in [4.78, 5) is 0. The third kappa shape index (κ3) is 3.38. The molecule has 4 nitrogen and oxygen atoms in total. The summed E-state index contributed by atoms with van der Waals surface area (Å²) in [5.41, 5.74) is 20.0. The molecule has 0 fully saturated rings. The number of hydrogen-bond acceptors (Lipinski definition) is 4. The third-order valence-corrected chi connectivity index (χ3v) is 2.71. The molecule has 0 aliphatic rings. The van der Waals surface area contributed by atoms with Crippen LogP contribution in [0.5, 0.6) is 0 Å². The van der Waals surface area contributed by atoms with Gasteiger partial charge in [0.15, 0.2) is 0 Å². The van der Waals surface area contributed by atoms with E-state index in [0.29, 0.717) is 0 Å². The van der Waals surface area contributed by atoms with Crippen molar-refractivity contribution in [1.82, 2.24) is 10.9 Å². The van der Waals surface area contributed by atoms with Crippen molar-refractivity contribution in [1.29, 1.82) is 0 Å². The van der Waals surface area contributed by atoms with Crippen molar-refractivity contribution in [2.45, 2.75) is 12.3 Å². The van der Waals surface area contributed by atoms with Gasteiger partial charge in [0, 0.05) is 0 Å². The van der Waals surface area contributed by atoms with E-state index in [2.05, 4.69) is 10.9 Å². The molecular weight excluding hydrogens is 224 g/mol. The number of nitrogens with one attached hydrogen (secondary N) is 2. The first-order valence-electron chi connectivity index (χ1n) is 5.89. The van der Waals surface area contributed by atoms with Crippen LogP contribution in [0.2, 0.25) is 0 Å². The monoisotopic (exact) mass is 242 g/mol. The van der Waals surface area contributed by atoms with Gasteiger partial charge in [-0.15, -0.1) is 0 Å². The molecule has 0 aliphatic carbocycles. The SMILES string of the molecule is NC(NNC(N)c1ccccc1)c1ccccc1. The number of rotatable bonds is 5. The molecule has 2 aromatic rings. The standard InChI is InChI=1S/C14H18N4/c15-13(11-7-3-1-4-8-11)17-18-14(16)12-9-5-2-6-10-12/h1-10,13-14,17-18H,15-16H2. The Kier molecular flexibility index (Phi) is 4.44. The van der Waals surface area contributed by atoms with E-state index in [0.717, 1.165) is 11.1 Å². The first kappa shape index (κ1) is 12.7. The van der Waals surface area contributed by atoms with Gasteiger partial charge in [-0.2, -0.15) is 0 Å². The van der Waals surface area contributed by atoms with E-state index in [4.69, 9.17) is 11.5 Å². The molecule has 2 rings (SSSR count). The molecule has 6 N–H and O–H groups in total. The molecule has 0 spiro atoms. The van der Waals surface area contributed by atoms with Crippen molar-refractivity contribution in [3.8, 4) is 0 Å². The van der Waals surface area contributed by atoms with Gasteiger partial charge in [-0.1, -0.05) is 60.7 Å². The summed E-state index contributed by atoms with van der Waals surface area (Å²) >= 11 is 0. The average Bonchev–Trinajstić information content (AvgIpc) is 2.46. The second-order valence-corrected chi connectivity index (χ2v) is 4.07. The van der Waals surface area contributed by atoms with Crippen molar-refractivity contribution in [2.24, 2.45) is 11.5 Å². The highest BCUT2D eigenvalue weighted by Crippen LogP contribution is 2.08. The van der Waals surface area contributed by atoms with Gasteiger partial charge in [-0.3, -0.25) is 0 Å². The Morgan fingerprint density at radius 1 is 0.611 bits per heavy atom. The van der Waals surface area contributed by atoms with Gasteiger partial charge >= 0.3 is 0 Å². The molecule has 2 atom stereocenters. The van der Waals surface area contributed by atoms with Crippen LogP contribution in [0.1, 0.15) is 23.5 Å². The molecular formula is C14H18N4. The molecule has 0 saturated heterocycles. The van der Waals surface area contributed by atoms with Gasteiger partial charge < -0.3 is 11.5 Å². The van der Waals surface area contributed by atoms with Gasteiger partial charge in [0.25, 0.3) is 0 Å². The van der Waals surface area contributed by atoms with E-state index >= 15 is 0 Å². The normalized spacial score (nSPS) is 14.1. The molecule has 0 radical (unpaired) electrons. The van der Waals surface area contributed by atoms with Crippen molar-refractivity contribution < 1.29 is 0 Å². The lowest BCUT2D eigenvalue weighted by Crippen LogP contribution is -2.44. The van der Waals surface area contributed by atoms with Crippen LogP contribution in [0.4, 0.5) is 0 Å². The van der Waals surface area contributed by atoms with E-state index in [9.17, 15) is 0 Å². The fourth-order valence-electron chi connectivity index (χ4n) is 1.67. The van der Waals surface area contributed by atoms with Gasteiger partial charge in [0.1, 0.15) is 0 Å². The molecule has 0 aliphatic heterocycles. The fourth-order valence-corrected chi connectivity index (χ4v) is 1.67. The fraction of sp³-hybridized carbons (Fsp3) is 0.143. The maximum Gasteiger partial charge on any atom is 0.0939 e. The maximum atomic E-state index is 5.99. The molecule has 0 bridgehead atoms. The topological polar surface area (TPSA) is 76.1 Å². The van der Waals surface area contributed by atoms with Crippen LogP contribution in [0, 0.1) is 0 Å². The van der Waals surface area contributed by atoms with Crippen molar-refractivity contribution in [2.75, 3.05) is 0 Å². The quantitative estimate of drug-likeness (QED) is 0.472. The Balaban J connectivity index is 1.89. The first-order chi connectivity index (χ1) is 8.77. The van der Waals surface area contributed by atoms with Gasteiger partial charge in [0.05, 0.1) is 12.3 Å². The molecule has 4 heteroatoms. The third-order valence-electron chi connectivity index (χ3n) is 2.71. The van der Waals surface area contributed by atoms with Crippen molar-refractivity contribution in [3.05, 3.63) is 71.8 Å². The van der Waals surface area contributed by atoms with Crippen molar-refractivity contribution >= 4 is 0 Å². The lowest BCUT2D eigenvalue weighted by atomic mass is 10.2. The summed E-state index contributed by atoms with van der Waals surface area (Å²) in [6.07, 6.45) is -0.582. The minimum absolute atomic E-state index is 0.291. The largest absolute Gasteiger partial charge is 0.311 e. The zero-order chi connectivity index (χ0) is 12.8. The molecule has 0 aromatic heterocycles. The number of hydrogen-bond donors (Lipinski definition) is 4. The minimum atomic E-state index is -0.291. The molecule has 0 amide bonds. The summed E-state index contributed by atoms with van der Waals surface area (Å²) in [6, 6.07) is 19.6. The number of hydrazine groups is 1. The Hall–Kier alpha value is -1.72. The summed E-state index contributed by atoms with van der Waals surface area (Å²) in [7, 11) is 0. The molecule has 0 heterocycles. The molecule has 18 heavy (non-hydrogen) atoms. The Morgan fingerprint density at radius 2 is 0.944 bits per heavy atom. The second-order valence-electron chi connectivity index (χ2n) is 4.07. The van der Waals surface area contributed by atoms with Gasteiger partial charge in [0.2, 0.25) is 0 Å². The molecule has 2 aromatic carbocycles. The highest BCUT2D eigenvalue weighted by molar-refractivity contribution is 5.19. The molecule has 0 saturated carbocycles. The predicted molar refractivity (Wildman–Crippen MR) is 73.0 cm³/mol. The molecule has 94 valence electrons. The van der Waals surface area contributed by atoms with Gasteiger partial charge in [-0.05, 0) is 11.1 Å². The minimum Gasteiger partial charge on any atom is -0.311 e. The van der Waals surface area contributed by atoms with E-state index in [1.54, 1.807) is 0 Å². The zero-order valence-corrected chi connectivity index (χ0v) is 10.1. The second kappa shape index (κ2) is 6.28. The van der Waals surface area contributed by atoms with E-state index in [1.807, 2.05) is 60.7 Å². The van der Waals surface area contributed by atoms with E-state index in [-0.39, 0.29) is 12.3 Å². The van der Waals surface area contributed by atoms with E-state index < -0.39 is 0 Å². The Bertz CT molecular complexity index is 412.